The zero-order valence-corrected chi connectivity index (χ0v) is 13.8. The summed E-state index contributed by atoms with van der Waals surface area (Å²) >= 11 is 0. The van der Waals surface area contributed by atoms with Gasteiger partial charge in [0, 0.05) is 24.1 Å². The van der Waals surface area contributed by atoms with Crippen LogP contribution in [0.3, 0.4) is 0 Å². The van der Waals surface area contributed by atoms with Gasteiger partial charge >= 0.3 is 0 Å². The van der Waals surface area contributed by atoms with Crippen LogP contribution in [0.15, 0.2) is 18.2 Å². The number of para-hydroxylation sites is 1. The van der Waals surface area contributed by atoms with E-state index >= 15 is 0 Å². The summed E-state index contributed by atoms with van der Waals surface area (Å²) in [7, 11) is 0. The molecule has 4 nitrogen and oxygen atoms in total. The molecule has 0 radical (unpaired) electrons. The molecule has 4 heteroatoms. The minimum absolute atomic E-state index is 0.189. The zero-order chi connectivity index (χ0) is 16.0. The Hall–Kier alpha value is -1.26. The smallest absolute Gasteiger partial charge is 0.162 e. The lowest BCUT2D eigenvalue weighted by atomic mass is 9.80. The Bertz CT molecular complexity index is 444. The molecule has 21 heavy (non-hydrogen) atoms. The van der Waals surface area contributed by atoms with Crippen LogP contribution in [-0.2, 0) is 6.54 Å². The zero-order valence-electron chi connectivity index (χ0n) is 13.8. The number of ether oxygens (including phenoxy) is 1. The van der Waals surface area contributed by atoms with E-state index in [9.17, 15) is 10.2 Å². The second-order valence-electron chi connectivity index (χ2n) is 6.48. The van der Waals surface area contributed by atoms with Gasteiger partial charge < -0.3 is 20.3 Å². The third kappa shape index (κ3) is 4.90. The predicted octanol–water partition coefficient (Wildman–Crippen LogP) is 2.92. The Kier molecular flexibility index (Phi) is 6.49. The second kappa shape index (κ2) is 7.66. The summed E-state index contributed by atoms with van der Waals surface area (Å²) in [5, 5.41) is 23.7. The minimum Gasteiger partial charge on any atom is -0.504 e. The summed E-state index contributed by atoms with van der Waals surface area (Å²) < 4.78 is 5.38. The third-order valence-corrected chi connectivity index (χ3v) is 3.71. The van der Waals surface area contributed by atoms with E-state index in [0.29, 0.717) is 25.4 Å². The monoisotopic (exact) mass is 295 g/mol. The molecule has 0 aromatic heterocycles. The van der Waals surface area contributed by atoms with Gasteiger partial charge in [-0.25, -0.2) is 0 Å². The van der Waals surface area contributed by atoms with Gasteiger partial charge in [0.2, 0.25) is 0 Å². The van der Waals surface area contributed by atoms with Crippen LogP contribution in [0.25, 0.3) is 0 Å². The van der Waals surface area contributed by atoms with Crippen LogP contribution in [-0.4, -0.2) is 29.5 Å². The van der Waals surface area contributed by atoms with Gasteiger partial charge in [0.05, 0.1) is 12.7 Å². The summed E-state index contributed by atoms with van der Waals surface area (Å²) in [4.78, 5) is 0. The third-order valence-electron chi connectivity index (χ3n) is 3.71. The summed E-state index contributed by atoms with van der Waals surface area (Å²) in [6.45, 7) is 11.7. The summed E-state index contributed by atoms with van der Waals surface area (Å²) in [6, 6.07) is 5.50. The lowest BCUT2D eigenvalue weighted by Gasteiger charge is -2.33. The van der Waals surface area contributed by atoms with E-state index in [1.807, 2.05) is 46.8 Å². The number of aliphatic hydroxyl groups excluding tert-OH is 1. The van der Waals surface area contributed by atoms with Gasteiger partial charge in [-0.3, -0.25) is 0 Å². The fraction of sp³-hybridized carbons (Fsp3) is 0.647. The van der Waals surface area contributed by atoms with E-state index in [2.05, 4.69) is 5.32 Å². The van der Waals surface area contributed by atoms with Crippen LogP contribution in [0.2, 0.25) is 0 Å². The Morgan fingerprint density at radius 2 is 1.95 bits per heavy atom. The van der Waals surface area contributed by atoms with Crippen molar-refractivity contribution in [3.8, 4) is 11.5 Å². The Balaban J connectivity index is 2.62. The molecular formula is C17H29NO3. The molecule has 0 aliphatic heterocycles. The molecular weight excluding hydrogens is 266 g/mol. The van der Waals surface area contributed by atoms with Crippen LogP contribution < -0.4 is 10.1 Å². The van der Waals surface area contributed by atoms with Crippen LogP contribution in [0.1, 0.15) is 40.2 Å². The quantitative estimate of drug-likeness (QED) is 0.690. The number of rotatable bonds is 8. The van der Waals surface area contributed by atoms with Crippen molar-refractivity contribution in [2.24, 2.45) is 11.3 Å². The maximum absolute atomic E-state index is 10.2. The number of phenols is 1. The van der Waals surface area contributed by atoms with Gasteiger partial charge in [0.25, 0.3) is 0 Å². The van der Waals surface area contributed by atoms with E-state index in [4.69, 9.17) is 4.74 Å². The van der Waals surface area contributed by atoms with Crippen molar-refractivity contribution in [2.75, 3.05) is 13.2 Å². The Labute approximate surface area is 128 Å². The highest BCUT2D eigenvalue weighted by atomic mass is 16.5. The van der Waals surface area contributed by atoms with E-state index < -0.39 is 0 Å². The number of hydrogen-bond acceptors (Lipinski definition) is 4. The Morgan fingerprint density at radius 1 is 1.29 bits per heavy atom. The predicted molar refractivity (Wildman–Crippen MR) is 85.6 cm³/mol. The van der Waals surface area contributed by atoms with Gasteiger partial charge in [-0.1, -0.05) is 39.8 Å². The molecule has 0 fully saturated rings. The fourth-order valence-electron chi connectivity index (χ4n) is 2.51. The van der Waals surface area contributed by atoms with Crippen molar-refractivity contribution in [2.45, 2.75) is 47.3 Å². The lowest BCUT2D eigenvalue weighted by Crippen LogP contribution is -2.41. The first-order valence-electron chi connectivity index (χ1n) is 7.62. The number of hydrogen-bond donors (Lipinski definition) is 3. The molecule has 0 saturated heterocycles. The van der Waals surface area contributed by atoms with Crippen molar-refractivity contribution in [3.05, 3.63) is 23.8 Å². The molecule has 1 aromatic carbocycles. The van der Waals surface area contributed by atoms with E-state index in [0.717, 1.165) is 5.56 Å². The van der Waals surface area contributed by atoms with Gasteiger partial charge in [-0.15, -0.1) is 0 Å². The average molecular weight is 295 g/mol. The summed E-state index contributed by atoms with van der Waals surface area (Å²) in [5.74, 6) is 0.920. The SMILES string of the molecule is CCOc1cccc(CNCC(C)(C)C(O)C(C)C)c1O. The van der Waals surface area contributed by atoms with Crippen molar-refractivity contribution >= 4 is 0 Å². The molecule has 0 aliphatic rings. The summed E-state index contributed by atoms with van der Waals surface area (Å²) in [5.41, 5.74) is 0.581. The number of aromatic hydroxyl groups is 1. The van der Waals surface area contributed by atoms with E-state index in [-0.39, 0.29) is 23.2 Å². The van der Waals surface area contributed by atoms with Gasteiger partial charge in [-0.05, 0) is 18.9 Å². The van der Waals surface area contributed by atoms with Crippen LogP contribution in [0.4, 0.5) is 0 Å². The highest BCUT2D eigenvalue weighted by Crippen LogP contribution is 2.30. The molecule has 0 heterocycles. The molecule has 0 saturated carbocycles. The first-order chi connectivity index (χ1) is 9.79. The topological polar surface area (TPSA) is 61.7 Å². The molecule has 1 atom stereocenters. The number of nitrogens with one attached hydrogen (secondary N) is 1. The minimum atomic E-state index is -0.367. The fourth-order valence-corrected chi connectivity index (χ4v) is 2.51. The molecule has 0 spiro atoms. The highest BCUT2D eigenvalue weighted by Gasteiger charge is 2.29. The number of phenolic OH excluding ortho intramolecular Hbond substituents is 1. The molecule has 0 amide bonds. The number of aliphatic hydroxyl groups is 1. The second-order valence-corrected chi connectivity index (χ2v) is 6.48. The largest absolute Gasteiger partial charge is 0.504 e. The molecule has 120 valence electrons. The maximum atomic E-state index is 10.2. The molecule has 0 aliphatic carbocycles. The number of benzene rings is 1. The van der Waals surface area contributed by atoms with E-state index in [1.165, 1.54) is 0 Å². The maximum Gasteiger partial charge on any atom is 0.162 e. The van der Waals surface area contributed by atoms with E-state index in [1.54, 1.807) is 6.07 Å². The van der Waals surface area contributed by atoms with Crippen molar-refractivity contribution in [1.29, 1.82) is 0 Å². The summed E-state index contributed by atoms with van der Waals surface area (Å²) in [6.07, 6.45) is -0.367. The standard InChI is InChI=1S/C17H29NO3/c1-6-21-14-9-7-8-13(15(14)19)10-18-11-17(4,5)16(20)12(2)3/h7-9,12,16,18-20H,6,10-11H2,1-5H3. The van der Waals surface area contributed by atoms with Gasteiger partial charge in [-0.2, -0.15) is 0 Å². The molecule has 1 unspecified atom stereocenters. The van der Waals surface area contributed by atoms with Crippen LogP contribution in [0.5, 0.6) is 11.5 Å². The molecule has 1 aromatic rings. The van der Waals surface area contributed by atoms with Crippen LogP contribution in [0, 0.1) is 11.3 Å². The first-order valence-corrected chi connectivity index (χ1v) is 7.62. The Morgan fingerprint density at radius 3 is 2.52 bits per heavy atom. The average Bonchev–Trinajstić information content (AvgIpc) is 2.42. The van der Waals surface area contributed by atoms with Gasteiger partial charge in [0.15, 0.2) is 11.5 Å². The highest BCUT2D eigenvalue weighted by molar-refractivity contribution is 5.45. The first kappa shape index (κ1) is 17.8. The van der Waals surface area contributed by atoms with Crippen molar-refractivity contribution in [3.63, 3.8) is 0 Å². The van der Waals surface area contributed by atoms with Crippen LogP contribution >= 0.6 is 0 Å². The molecule has 3 N–H and O–H groups in total. The van der Waals surface area contributed by atoms with Crippen molar-refractivity contribution in [1.82, 2.24) is 5.32 Å². The van der Waals surface area contributed by atoms with Gasteiger partial charge in [0.1, 0.15) is 0 Å². The molecule has 0 bridgehead atoms. The normalized spacial score (nSPS) is 13.5. The lowest BCUT2D eigenvalue weighted by molar-refractivity contribution is 0.0134. The van der Waals surface area contributed by atoms with Crippen molar-refractivity contribution < 1.29 is 14.9 Å². The molecule has 1 rings (SSSR count).